The number of nitrogens with zero attached hydrogens (tertiary/aromatic N) is 3. The SMILES string of the molecule is CCC(NC(CC)[Si](OC)(OC)OC)[Si](OC)(OC)OC.O=C=Nc1ccc(OP(=S)(Oc2ccc(N=C=O)cc2)Oc2ccc(N=C=O)cc2)cc1. The van der Waals surface area contributed by atoms with Crippen LogP contribution >= 0.6 is 6.72 Å². The second kappa shape index (κ2) is 22.9. The molecular formula is C33H43N4O12PSSi2. The third-order valence-corrected chi connectivity index (χ3v) is 15.7. The van der Waals surface area contributed by atoms with Gasteiger partial charge in [0.25, 0.3) is 0 Å². The summed E-state index contributed by atoms with van der Waals surface area (Å²) in [5, 5.41) is 3.51. The molecule has 1 N–H and O–H groups in total. The molecule has 0 aromatic heterocycles. The molecule has 0 heterocycles. The lowest BCUT2D eigenvalue weighted by Gasteiger charge is -2.38. The standard InChI is InChI=1S/C21H12N3O6PS.C12H31NO6Si2/c25-13-22-16-1-7-19(8-2-16)28-31(32,29-20-9-3-17(4-10-20)23-14-26)30-21-11-5-18(6-12-21)24-15-27;1-9-11(20(14-3,15-4)16-5)13-12(10-2)21(17-6,18-7)19-8/h1-12H;11-13H,9-10H2,1-8H3. The Labute approximate surface area is 316 Å². The zero-order valence-corrected chi connectivity index (χ0v) is 34.3. The third-order valence-electron chi connectivity index (χ3n) is 7.47. The summed E-state index contributed by atoms with van der Waals surface area (Å²) in [7, 11) is 4.06. The van der Waals surface area contributed by atoms with Crippen LogP contribution in [-0.2, 0) is 52.7 Å². The summed E-state index contributed by atoms with van der Waals surface area (Å²) >= 11 is 5.59. The molecule has 3 aromatic rings. The molecule has 0 aliphatic carbocycles. The number of nitrogens with one attached hydrogen (secondary N) is 1. The molecule has 0 saturated heterocycles. The molecule has 286 valence electrons. The first-order valence-corrected chi connectivity index (χ1v) is 22.0. The number of isocyanates is 3. The Bertz CT molecular complexity index is 1550. The van der Waals surface area contributed by atoms with Crippen molar-refractivity contribution in [2.75, 3.05) is 42.7 Å². The highest BCUT2D eigenvalue weighted by Gasteiger charge is 2.53. The van der Waals surface area contributed by atoms with Crippen molar-refractivity contribution in [2.24, 2.45) is 15.0 Å². The summed E-state index contributed by atoms with van der Waals surface area (Å²) in [5.74, 6) is 0.965. The van der Waals surface area contributed by atoms with Crippen LogP contribution in [0, 0.1) is 0 Å². The van der Waals surface area contributed by atoms with E-state index >= 15 is 0 Å². The van der Waals surface area contributed by atoms with E-state index in [0.29, 0.717) is 34.3 Å². The van der Waals surface area contributed by atoms with Crippen molar-refractivity contribution in [2.45, 2.75) is 38.0 Å². The average molecular weight is 807 g/mol. The van der Waals surface area contributed by atoms with Crippen molar-refractivity contribution in [3.63, 3.8) is 0 Å². The maximum atomic E-state index is 10.4. The van der Waals surface area contributed by atoms with Gasteiger partial charge in [0.05, 0.1) is 28.4 Å². The van der Waals surface area contributed by atoms with Crippen LogP contribution in [0.15, 0.2) is 87.8 Å². The largest absolute Gasteiger partial charge is 0.517 e. The van der Waals surface area contributed by atoms with Crippen LogP contribution in [0.4, 0.5) is 17.1 Å². The van der Waals surface area contributed by atoms with Gasteiger partial charge >= 0.3 is 24.3 Å². The minimum absolute atomic E-state index is 0.0743. The fourth-order valence-electron chi connectivity index (χ4n) is 4.88. The number of aliphatic imine (C=N–C) groups is 3. The average Bonchev–Trinajstić information content (AvgIpc) is 3.18. The van der Waals surface area contributed by atoms with E-state index in [1.807, 2.05) is 0 Å². The molecule has 2 unspecified atom stereocenters. The predicted molar refractivity (Wildman–Crippen MR) is 204 cm³/mol. The molecule has 0 spiro atoms. The summed E-state index contributed by atoms with van der Waals surface area (Å²) in [6, 6.07) is 18.5. The van der Waals surface area contributed by atoms with E-state index in [9.17, 15) is 14.4 Å². The van der Waals surface area contributed by atoms with Crippen LogP contribution in [-0.4, -0.2) is 89.8 Å². The van der Waals surface area contributed by atoms with E-state index in [-0.39, 0.29) is 11.3 Å². The van der Waals surface area contributed by atoms with Crippen molar-refractivity contribution in [1.29, 1.82) is 0 Å². The Morgan fingerprint density at radius 1 is 0.547 bits per heavy atom. The van der Waals surface area contributed by atoms with E-state index in [0.717, 1.165) is 12.8 Å². The second-order valence-corrected chi connectivity index (χ2v) is 19.4. The topological polar surface area (TPSA) is 183 Å². The van der Waals surface area contributed by atoms with Crippen molar-refractivity contribution >= 4 is 71.4 Å². The highest BCUT2D eigenvalue weighted by Crippen LogP contribution is 2.50. The molecule has 0 aliphatic rings. The maximum absolute atomic E-state index is 10.4. The summed E-state index contributed by atoms with van der Waals surface area (Å²) in [6.07, 6.45) is 5.94. The van der Waals surface area contributed by atoms with Gasteiger partial charge in [-0.1, -0.05) is 13.8 Å². The Morgan fingerprint density at radius 2 is 0.792 bits per heavy atom. The van der Waals surface area contributed by atoms with Crippen LogP contribution < -0.4 is 18.9 Å². The molecule has 0 aliphatic heterocycles. The molecule has 0 fully saturated rings. The number of hydrogen-bond acceptors (Lipinski definition) is 17. The van der Waals surface area contributed by atoms with E-state index in [2.05, 4.69) is 34.1 Å². The van der Waals surface area contributed by atoms with Gasteiger partial charge in [-0.05, 0) is 85.6 Å². The molecule has 3 rings (SSSR count). The molecule has 16 nitrogen and oxygen atoms in total. The van der Waals surface area contributed by atoms with Crippen LogP contribution in [0.1, 0.15) is 26.7 Å². The lowest BCUT2D eigenvalue weighted by Crippen LogP contribution is -2.68. The molecule has 3 aromatic carbocycles. The smallest absolute Gasteiger partial charge is 0.407 e. The van der Waals surface area contributed by atoms with Gasteiger partial charge in [0.15, 0.2) is 0 Å². The minimum Gasteiger partial charge on any atom is -0.407 e. The molecule has 0 saturated carbocycles. The number of hydrogen-bond donors (Lipinski definition) is 1. The molecular weight excluding hydrogens is 764 g/mol. The normalized spacial score (nSPS) is 13.3. The Kier molecular flexibility index (Phi) is 19.5. The molecule has 0 radical (unpaired) electrons. The van der Waals surface area contributed by atoms with Gasteiger partial charge in [-0.2, -0.15) is 15.0 Å². The number of carbonyl (C=O) groups excluding carboxylic acids is 3. The monoisotopic (exact) mass is 806 g/mol. The maximum Gasteiger partial charge on any atom is 0.517 e. The Balaban J connectivity index is 0.000000404. The quantitative estimate of drug-likeness (QED) is 0.0546. The fourth-order valence-corrected chi connectivity index (χ4v) is 11.6. The summed E-state index contributed by atoms with van der Waals surface area (Å²) in [6.45, 7) is 0.642. The number of rotatable bonds is 21. The van der Waals surface area contributed by atoms with Crippen LogP contribution in [0.25, 0.3) is 0 Å². The van der Waals surface area contributed by atoms with Crippen LogP contribution in [0.3, 0.4) is 0 Å². The first-order chi connectivity index (χ1) is 25.5. The zero-order valence-electron chi connectivity index (χ0n) is 30.6. The highest BCUT2D eigenvalue weighted by atomic mass is 32.5. The van der Waals surface area contributed by atoms with Gasteiger partial charge in [-0.25, -0.2) is 14.4 Å². The summed E-state index contributed by atoms with van der Waals surface area (Å²) < 4.78 is 51.0. The van der Waals surface area contributed by atoms with Crippen molar-refractivity contribution in [1.82, 2.24) is 5.32 Å². The van der Waals surface area contributed by atoms with E-state index < -0.39 is 24.3 Å². The molecule has 0 bridgehead atoms. The first kappa shape index (κ1) is 45.2. The van der Waals surface area contributed by atoms with E-state index in [4.69, 9.17) is 51.9 Å². The van der Waals surface area contributed by atoms with Gasteiger partial charge in [-0.3, -0.25) is 0 Å². The van der Waals surface area contributed by atoms with Gasteiger partial charge in [-0.15, -0.1) is 0 Å². The van der Waals surface area contributed by atoms with Gasteiger partial charge < -0.3 is 45.4 Å². The zero-order chi connectivity index (χ0) is 39.3. The van der Waals surface area contributed by atoms with Crippen LogP contribution in [0.2, 0.25) is 0 Å². The lowest BCUT2D eigenvalue weighted by molar-refractivity contribution is 0.0893. The Hall–Kier alpha value is -4.00. The number of benzene rings is 3. The lowest BCUT2D eigenvalue weighted by atomic mass is 10.3. The molecule has 2 atom stereocenters. The van der Waals surface area contributed by atoms with E-state index in [1.54, 1.807) is 115 Å². The molecule has 0 amide bonds. The first-order valence-electron chi connectivity index (χ1n) is 15.8. The van der Waals surface area contributed by atoms with Crippen molar-refractivity contribution in [3.05, 3.63) is 72.8 Å². The van der Waals surface area contributed by atoms with Crippen molar-refractivity contribution in [3.8, 4) is 17.2 Å². The molecule has 53 heavy (non-hydrogen) atoms. The summed E-state index contributed by atoms with van der Waals surface area (Å²) in [5.41, 5.74) is 1.02. The Morgan fingerprint density at radius 3 is 0.981 bits per heavy atom. The van der Waals surface area contributed by atoms with Crippen LogP contribution in [0.5, 0.6) is 17.2 Å². The molecule has 20 heteroatoms. The highest BCUT2D eigenvalue weighted by molar-refractivity contribution is 8.08. The second-order valence-electron chi connectivity index (χ2n) is 10.3. The predicted octanol–water partition coefficient (Wildman–Crippen LogP) is 6.32. The fraction of sp³-hybridized carbons (Fsp3) is 0.364. The third kappa shape index (κ3) is 13.1. The van der Waals surface area contributed by atoms with Crippen molar-refractivity contribution < 1.29 is 54.5 Å². The van der Waals surface area contributed by atoms with E-state index in [1.165, 1.54) is 18.2 Å². The van der Waals surface area contributed by atoms with Gasteiger partial charge in [0, 0.05) is 54.5 Å². The minimum atomic E-state index is -3.47. The van der Waals surface area contributed by atoms with Gasteiger partial charge in [0.2, 0.25) is 18.2 Å². The van der Waals surface area contributed by atoms with Gasteiger partial charge in [0.1, 0.15) is 17.2 Å². The summed E-state index contributed by atoms with van der Waals surface area (Å²) in [4.78, 5) is 41.7.